The summed E-state index contributed by atoms with van der Waals surface area (Å²) in [4.78, 5) is 15.4. The van der Waals surface area contributed by atoms with E-state index in [1.165, 1.54) is 11.3 Å². The normalized spacial score (nSPS) is 14.6. The third kappa shape index (κ3) is 2.83. The number of carbonyl (C=O) groups excluding carboxylic acids is 1. The minimum atomic E-state index is 0.111. The van der Waals surface area contributed by atoms with Crippen LogP contribution in [0.4, 0.5) is 0 Å². The van der Waals surface area contributed by atoms with E-state index in [1.807, 2.05) is 36.9 Å². The smallest absolute Gasteiger partial charge is 0.264 e. The lowest BCUT2D eigenvalue weighted by Gasteiger charge is -2.20. The molecule has 1 aliphatic rings. The molecule has 2 aromatic heterocycles. The first kappa shape index (κ1) is 13.9. The van der Waals surface area contributed by atoms with Crippen LogP contribution in [0.2, 0.25) is 0 Å². The maximum atomic E-state index is 12.7. The van der Waals surface area contributed by atoms with Gasteiger partial charge < -0.3 is 9.32 Å². The summed E-state index contributed by atoms with van der Waals surface area (Å²) in [5.74, 6) is 1.85. The second kappa shape index (κ2) is 5.37. The van der Waals surface area contributed by atoms with Gasteiger partial charge in [0.05, 0.1) is 15.2 Å². The standard InChI is InChI=1S/C15H16BrNO2S/c1-9-7-13(20-14(9)16)15(18)17(11-4-5-11)8-12-6-3-10(2)19-12/h3,6-7,11H,4-5,8H2,1-2H3. The van der Waals surface area contributed by atoms with Crippen LogP contribution in [-0.4, -0.2) is 16.8 Å². The van der Waals surface area contributed by atoms with Crippen molar-refractivity contribution in [3.63, 3.8) is 0 Å². The lowest BCUT2D eigenvalue weighted by Crippen LogP contribution is -2.31. The fourth-order valence-electron chi connectivity index (χ4n) is 2.20. The van der Waals surface area contributed by atoms with Gasteiger partial charge in [-0.05, 0) is 66.4 Å². The Balaban J connectivity index is 1.81. The highest BCUT2D eigenvalue weighted by molar-refractivity contribution is 9.11. The van der Waals surface area contributed by atoms with E-state index in [0.29, 0.717) is 12.6 Å². The first-order chi connectivity index (χ1) is 9.54. The molecule has 2 aromatic rings. The first-order valence-electron chi connectivity index (χ1n) is 6.67. The van der Waals surface area contributed by atoms with E-state index >= 15 is 0 Å². The Hall–Kier alpha value is -1.07. The third-order valence-electron chi connectivity index (χ3n) is 3.44. The van der Waals surface area contributed by atoms with E-state index in [4.69, 9.17) is 4.42 Å². The molecule has 0 aliphatic heterocycles. The van der Waals surface area contributed by atoms with Gasteiger partial charge in [-0.3, -0.25) is 4.79 Å². The summed E-state index contributed by atoms with van der Waals surface area (Å²) in [6.45, 7) is 4.49. The average molecular weight is 354 g/mol. The lowest BCUT2D eigenvalue weighted by molar-refractivity contribution is 0.0722. The van der Waals surface area contributed by atoms with Crippen LogP contribution >= 0.6 is 27.3 Å². The molecule has 1 amide bonds. The number of halogens is 1. The highest BCUT2D eigenvalue weighted by Gasteiger charge is 2.34. The summed E-state index contributed by atoms with van der Waals surface area (Å²) < 4.78 is 6.64. The number of carbonyl (C=O) groups is 1. The molecule has 0 radical (unpaired) electrons. The van der Waals surface area contributed by atoms with Gasteiger partial charge in [0.2, 0.25) is 0 Å². The van der Waals surface area contributed by atoms with Crippen molar-refractivity contribution in [3.05, 3.63) is 43.9 Å². The van der Waals surface area contributed by atoms with E-state index < -0.39 is 0 Å². The van der Waals surface area contributed by atoms with Crippen LogP contribution in [0.15, 0.2) is 26.4 Å². The van der Waals surface area contributed by atoms with Crippen molar-refractivity contribution in [3.8, 4) is 0 Å². The maximum absolute atomic E-state index is 12.7. The summed E-state index contributed by atoms with van der Waals surface area (Å²) in [6.07, 6.45) is 2.19. The number of thiophene rings is 1. The van der Waals surface area contributed by atoms with Crippen molar-refractivity contribution in [2.45, 2.75) is 39.3 Å². The van der Waals surface area contributed by atoms with Crippen molar-refractivity contribution >= 4 is 33.2 Å². The van der Waals surface area contributed by atoms with Gasteiger partial charge in [-0.2, -0.15) is 0 Å². The fourth-order valence-corrected chi connectivity index (χ4v) is 3.69. The topological polar surface area (TPSA) is 33.5 Å². The van der Waals surface area contributed by atoms with Gasteiger partial charge in [0.15, 0.2) is 0 Å². The van der Waals surface area contributed by atoms with E-state index in [9.17, 15) is 4.79 Å². The molecule has 20 heavy (non-hydrogen) atoms. The van der Waals surface area contributed by atoms with Crippen molar-refractivity contribution in [2.75, 3.05) is 0 Å². The highest BCUT2D eigenvalue weighted by atomic mass is 79.9. The molecule has 0 atom stereocenters. The van der Waals surface area contributed by atoms with Gasteiger partial charge in [-0.25, -0.2) is 0 Å². The summed E-state index contributed by atoms with van der Waals surface area (Å²) >= 11 is 4.99. The molecular formula is C15H16BrNO2S. The fraction of sp³-hybridized carbons (Fsp3) is 0.400. The molecule has 1 saturated carbocycles. The van der Waals surface area contributed by atoms with Crippen LogP contribution in [0.25, 0.3) is 0 Å². The van der Waals surface area contributed by atoms with E-state index in [-0.39, 0.29) is 5.91 Å². The number of amides is 1. The van der Waals surface area contributed by atoms with Gasteiger partial charge in [0, 0.05) is 6.04 Å². The predicted molar refractivity (Wildman–Crippen MR) is 83.1 cm³/mol. The van der Waals surface area contributed by atoms with Crippen molar-refractivity contribution < 1.29 is 9.21 Å². The highest BCUT2D eigenvalue weighted by Crippen LogP contribution is 2.33. The van der Waals surface area contributed by atoms with Crippen LogP contribution in [0, 0.1) is 13.8 Å². The summed E-state index contributed by atoms with van der Waals surface area (Å²) in [6, 6.07) is 6.22. The Morgan fingerprint density at radius 2 is 2.20 bits per heavy atom. The number of hydrogen-bond acceptors (Lipinski definition) is 3. The maximum Gasteiger partial charge on any atom is 0.264 e. The molecular weight excluding hydrogens is 338 g/mol. The zero-order valence-corrected chi connectivity index (χ0v) is 13.9. The molecule has 0 spiro atoms. The zero-order chi connectivity index (χ0) is 14.3. The van der Waals surface area contributed by atoms with Crippen LogP contribution in [0.1, 0.15) is 39.6 Å². The average Bonchev–Trinajstić information content (AvgIpc) is 3.09. The molecule has 1 fully saturated rings. The molecule has 0 aromatic carbocycles. The first-order valence-corrected chi connectivity index (χ1v) is 8.28. The van der Waals surface area contributed by atoms with Gasteiger partial charge >= 0.3 is 0 Å². The predicted octanol–water partition coefficient (Wildman–Crippen LogP) is 4.53. The van der Waals surface area contributed by atoms with Gasteiger partial charge in [0.1, 0.15) is 11.5 Å². The van der Waals surface area contributed by atoms with Gasteiger partial charge in [0.25, 0.3) is 5.91 Å². The second-order valence-corrected chi connectivity index (χ2v) is 7.61. The molecule has 0 N–H and O–H groups in total. The van der Waals surface area contributed by atoms with Crippen LogP contribution < -0.4 is 0 Å². The van der Waals surface area contributed by atoms with Gasteiger partial charge in [-0.15, -0.1) is 11.3 Å². The van der Waals surface area contributed by atoms with Crippen molar-refractivity contribution in [2.24, 2.45) is 0 Å². The van der Waals surface area contributed by atoms with Crippen LogP contribution in [-0.2, 0) is 6.54 Å². The number of nitrogens with zero attached hydrogens (tertiary/aromatic N) is 1. The molecule has 3 nitrogen and oxygen atoms in total. The minimum absolute atomic E-state index is 0.111. The molecule has 0 unspecified atom stereocenters. The number of hydrogen-bond donors (Lipinski definition) is 0. The molecule has 1 aliphatic carbocycles. The quantitative estimate of drug-likeness (QED) is 0.809. The monoisotopic (exact) mass is 353 g/mol. The van der Waals surface area contributed by atoms with E-state index in [1.54, 1.807) is 0 Å². The number of furan rings is 1. The molecule has 5 heteroatoms. The number of rotatable bonds is 4. The third-order valence-corrected chi connectivity index (χ3v) is 5.56. The Morgan fingerprint density at radius 1 is 1.45 bits per heavy atom. The Morgan fingerprint density at radius 3 is 2.70 bits per heavy atom. The molecule has 106 valence electrons. The summed E-state index contributed by atoms with van der Waals surface area (Å²) in [5, 5.41) is 0. The SMILES string of the molecule is Cc1ccc(CN(C(=O)c2cc(C)c(Br)s2)C2CC2)o1. The van der Waals surface area contributed by atoms with Crippen molar-refractivity contribution in [1.82, 2.24) is 4.90 Å². The Labute approximate surface area is 130 Å². The van der Waals surface area contributed by atoms with Crippen LogP contribution in [0.3, 0.4) is 0 Å². The van der Waals surface area contributed by atoms with Gasteiger partial charge in [-0.1, -0.05) is 0 Å². The second-order valence-electron chi connectivity index (χ2n) is 5.24. The van der Waals surface area contributed by atoms with E-state index in [2.05, 4.69) is 15.9 Å². The molecule has 3 rings (SSSR count). The number of aryl methyl sites for hydroxylation is 2. The zero-order valence-electron chi connectivity index (χ0n) is 11.5. The van der Waals surface area contributed by atoms with E-state index in [0.717, 1.165) is 38.6 Å². The molecule has 0 saturated heterocycles. The minimum Gasteiger partial charge on any atom is -0.464 e. The Bertz CT molecular complexity index is 623. The van der Waals surface area contributed by atoms with Crippen LogP contribution in [0.5, 0.6) is 0 Å². The molecule has 0 bridgehead atoms. The summed E-state index contributed by atoms with van der Waals surface area (Å²) in [5.41, 5.74) is 1.11. The van der Waals surface area contributed by atoms with Crippen molar-refractivity contribution in [1.29, 1.82) is 0 Å². The molecule has 2 heterocycles. The lowest BCUT2D eigenvalue weighted by atomic mass is 10.3. The summed E-state index contributed by atoms with van der Waals surface area (Å²) in [7, 11) is 0. The largest absolute Gasteiger partial charge is 0.464 e. The Kier molecular flexibility index (Phi) is 3.73.